The van der Waals surface area contributed by atoms with Gasteiger partial charge in [0.15, 0.2) is 0 Å². The van der Waals surface area contributed by atoms with Gasteiger partial charge in [0.2, 0.25) is 5.91 Å². The molecule has 1 fully saturated rings. The Labute approximate surface area is 118 Å². The summed E-state index contributed by atoms with van der Waals surface area (Å²) in [5, 5.41) is 3.12. The zero-order valence-corrected chi connectivity index (χ0v) is 13.3. The second-order valence-corrected chi connectivity index (χ2v) is 6.43. The van der Waals surface area contributed by atoms with Crippen molar-refractivity contribution in [3.8, 4) is 0 Å². The maximum atomic E-state index is 12.2. The van der Waals surface area contributed by atoms with Crippen LogP contribution in [-0.4, -0.2) is 60.5 Å². The number of amides is 1. The molecule has 0 saturated carbocycles. The van der Waals surface area contributed by atoms with Crippen LogP contribution in [0.25, 0.3) is 0 Å². The standard InChI is InChI=1S/C15H31N3O/c1-6-15(3,4)16-14(19)13(2)17(5)11-12-18-9-7-8-10-18/h13H,6-12H2,1-5H3,(H,16,19). The second-order valence-electron chi connectivity index (χ2n) is 6.43. The summed E-state index contributed by atoms with van der Waals surface area (Å²) < 4.78 is 0. The van der Waals surface area contributed by atoms with Gasteiger partial charge in [-0.05, 0) is 60.2 Å². The molecule has 0 bridgehead atoms. The average Bonchev–Trinajstić information content (AvgIpc) is 2.87. The molecule has 1 rings (SSSR count). The van der Waals surface area contributed by atoms with E-state index in [-0.39, 0.29) is 17.5 Å². The van der Waals surface area contributed by atoms with Crippen molar-refractivity contribution in [2.24, 2.45) is 0 Å². The summed E-state index contributed by atoms with van der Waals surface area (Å²) in [6.45, 7) is 12.7. The van der Waals surface area contributed by atoms with Crippen LogP contribution in [0.1, 0.15) is 47.0 Å². The van der Waals surface area contributed by atoms with Crippen LogP contribution < -0.4 is 5.32 Å². The Morgan fingerprint density at radius 3 is 2.47 bits per heavy atom. The fraction of sp³-hybridized carbons (Fsp3) is 0.933. The van der Waals surface area contributed by atoms with Gasteiger partial charge in [0, 0.05) is 18.6 Å². The molecule has 1 unspecified atom stereocenters. The van der Waals surface area contributed by atoms with Crippen LogP contribution in [-0.2, 0) is 4.79 Å². The maximum Gasteiger partial charge on any atom is 0.237 e. The molecule has 1 atom stereocenters. The smallest absolute Gasteiger partial charge is 0.237 e. The van der Waals surface area contributed by atoms with Gasteiger partial charge in [0.1, 0.15) is 0 Å². The molecule has 0 aromatic carbocycles. The van der Waals surface area contributed by atoms with E-state index in [4.69, 9.17) is 0 Å². The Hall–Kier alpha value is -0.610. The van der Waals surface area contributed by atoms with Crippen LogP contribution in [0.2, 0.25) is 0 Å². The van der Waals surface area contributed by atoms with Crippen molar-refractivity contribution in [1.29, 1.82) is 0 Å². The highest BCUT2D eigenvalue weighted by Gasteiger charge is 2.24. The summed E-state index contributed by atoms with van der Waals surface area (Å²) in [6, 6.07) is -0.0616. The van der Waals surface area contributed by atoms with Crippen molar-refractivity contribution in [2.75, 3.05) is 33.2 Å². The normalized spacial score (nSPS) is 18.8. The Kier molecular flexibility index (Phi) is 6.27. The Bertz CT molecular complexity index is 285. The Morgan fingerprint density at radius 2 is 1.95 bits per heavy atom. The molecule has 4 nitrogen and oxygen atoms in total. The summed E-state index contributed by atoms with van der Waals surface area (Å²) in [6.07, 6.45) is 3.60. The molecule has 0 radical (unpaired) electrons. The molecule has 0 aromatic rings. The summed E-state index contributed by atoms with van der Waals surface area (Å²) >= 11 is 0. The van der Waals surface area contributed by atoms with Crippen molar-refractivity contribution in [1.82, 2.24) is 15.1 Å². The third-order valence-electron chi connectivity index (χ3n) is 4.35. The van der Waals surface area contributed by atoms with E-state index in [0.717, 1.165) is 19.5 Å². The van der Waals surface area contributed by atoms with Crippen LogP contribution in [0.3, 0.4) is 0 Å². The lowest BCUT2D eigenvalue weighted by atomic mass is 10.0. The Morgan fingerprint density at radius 1 is 1.37 bits per heavy atom. The quantitative estimate of drug-likeness (QED) is 0.764. The predicted octanol–water partition coefficient (Wildman–Crippen LogP) is 1.71. The van der Waals surface area contributed by atoms with Crippen molar-refractivity contribution >= 4 is 5.91 Å². The van der Waals surface area contributed by atoms with E-state index < -0.39 is 0 Å². The van der Waals surface area contributed by atoms with Crippen molar-refractivity contribution in [3.63, 3.8) is 0 Å². The number of nitrogens with one attached hydrogen (secondary N) is 1. The molecule has 1 heterocycles. The minimum Gasteiger partial charge on any atom is -0.350 e. The number of likely N-dealkylation sites (tertiary alicyclic amines) is 1. The number of hydrogen-bond acceptors (Lipinski definition) is 3. The second kappa shape index (κ2) is 7.25. The van der Waals surface area contributed by atoms with Crippen LogP contribution in [0, 0.1) is 0 Å². The van der Waals surface area contributed by atoms with Crippen molar-refractivity contribution in [3.05, 3.63) is 0 Å². The number of carbonyl (C=O) groups is 1. The molecular weight excluding hydrogens is 238 g/mol. The van der Waals surface area contributed by atoms with Gasteiger partial charge in [-0.2, -0.15) is 0 Å². The monoisotopic (exact) mass is 269 g/mol. The maximum absolute atomic E-state index is 12.2. The topological polar surface area (TPSA) is 35.6 Å². The first-order valence-corrected chi connectivity index (χ1v) is 7.60. The molecule has 1 saturated heterocycles. The van der Waals surface area contributed by atoms with E-state index >= 15 is 0 Å². The number of carbonyl (C=O) groups excluding carboxylic acids is 1. The summed E-state index contributed by atoms with van der Waals surface area (Å²) in [5.74, 6) is 0.135. The summed E-state index contributed by atoms with van der Waals surface area (Å²) in [5.41, 5.74) is -0.110. The zero-order valence-electron chi connectivity index (χ0n) is 13.3. The summed E-state index contributed by atoms with van der Waals surface area (Å²) in [4.78, 5) is 16.8. The van der Waals surface area contributed by atoms with E-state index in [1.165, 1.54) is 25.9 Å². The van der Waals surface area contributed by atoms with Gasteiger partial charge in [-0.1, -0.05) is 6.92 Å². The first-order valence-electron chi connectivity index (χ1n) is 7.60. The van der Waals surface area contributed by atoms with Crippen LogP contribution in [0.4, 0.5) is 0 Å². The minimum atomic E-state index is -0.110. The number of likely N-dealkylation sites (N-methyl/N-ethyl adjacent to an activating group) is 1. The molecule has 1 N–H and O–H groups in total. The van der Waals surface area contributed by atoms with Crippen molar-refractivity contribution in [2.45, 2.75) is 58.5 Å². The van der Waals surface area contributed by atoms with Gasteiger partial charge in [-0.3, -0.25) is 9.69 Å². The van der Waals surface area contributed by atoms with E-state index in [9.17, 15) is 4.79 Å². The van der Waals surface area contributed by atoms with Crippen LogP contribution in [0.15, 0.2) is 0 Å². The molecule has 1 aliphatic heterocycles. The van der Waals surface area contributed by atoms with Gasteiger partial charge >= 0.3 is 0 Å². The lowest BCUT2D eigenvalue weighted by molar-refractivity contribution is -0.127. The molecule has 0 aliphatic carbocycles. The van der Waals surface area contributed by atoms with E-state index in [0.29, 0.717) is 0 Å². The van der Waals surface area contributed by atoms with Gasteiger partial charge in [-0.15, -0.1) is 0 Å². The van der Waals surface area contributed by atoms with Crippen LogP contribution in [0.5, 0.6) is 0 Å². The number of rotatable bonds is 7. The molecule has 1 amide bonds. The predicted molar refractivity (Wildman–Crippen MR) is 80.3 cm³/mol. The van der Waals surface area contributed by atoms with Crippen molar-refractivity contribution < 1.29 is 4.79 Å². The molecule has 0 aromatic heterocycles. The third-order valence-corrected chi connectivity index (χ3v) is 4.35. The number of nitrogens with zero attached hydrogens (tertiary/aromatic N) is 2. The van der Waals surface area contributed by atoms with Gasteiger partial charge in [0.05, 0.1) is 6.04 Å². The third kappa shape index (κ3) is 5.49. The fourth-order valence-electron chi connectivity index (χ4n) is 2.23. The molecule has 19 heavy (non-hydrogen) atoms. The first kappa shape index (κ1) is 16.4. The SMILES string of the molecule is CCC(C)(C)NC(=O)C(C)N(C)CCN1CCCC1. The minimum absolute atomic E-state index is 0.0616. The molecule has 4 heteroatoms. The van der Waals surface area contributed by atoms with Crippen LogP contribution >= 0.6 is 0 Å². The lowest BCUT2D eigenvalue weighted by Gasteiger charge is -2.31. The van der Waals surface area contributed by atoms with E-state index in [2.05, 4.69) is 35.9 Å². The zero-order chi connectivity index (χ0) is 14.5. The largest absolute Gasteiger partial charge is 0.350 e. The average molecular weight is 269 g/mol. The summed E-state index contributed by atoms with van der Waals surface area (Å²) in [7, 11) is 2.04. The van der Waals surface area contributed by atoms with Gasteiger partial charge < -0.3 is 10.2 Å². The Balaban J connectivity index is 2.33. The van der Waals surface area contributed by atoms with E-state index in [1.807, 2.05) is 14.0 Å². The highest BCUT2D eigenvalue weighted by atomic mass is 16.2. The molecular formula is C15H31N3O. The highest BCUT2D eigenvalue weighted by Crippen LogP contribution is 2.09. The lowest BCUT2D eigenvalue weighted by Crippen LogP contribution is -2.52. The molecule has 1 aliphatic rings. The highest BCUT2D eigenvalue weighted by molar-refractivity contribution is 5.81. The fourth-order valence-corrected chi connectivity index (χ4v) is 2.23. The molecule has 112 valence electrons. The first-order chi connectivity index (χ1) is 8.85. The van der Waals surface area contributed by atoms with Gasteiger partial charge in [0.25, 0.3) is 0 Å². The number of hydrogen-bond donors (Lipinski definition) is 1. The molecule has 0 spiro atoms. The van der Waals surface area contributed by atoms with E-state index in [1.54, 1.807) is 0 Å². The van der Waals surface area contributed by atoms with Gasteiger partial charge in [-0.25, -0.2) is 0 Å².